The van der Waals surface area contributed by atoms with Gasteiger partial charge < -0.3 is 5.73 Å². The van der Waals surface area contributed by atoms with Gasteiger partial charge in [0.05, 0.1) is 11.0 Å². The van der Waals surface area contributed by atoms with Crippen LogP contribution in [0.1, 0.15) is 77.6 Å². The fourth-order valence-corrected chi connectivity index (χ4v) is 5.13. The Morgan fingerprint density at radius 1 is 0.895 bits per heavy atom. The van der Waals surface area contributed by atoms with Crippen LogP contribution in [0.5, 0.6) is 0 Å². The summed E-state index contributed by atoms with van der Waals surface area (Å²) in [5.41, 5.74) is 6.20. The van der Waals surface area contributed by atoms with Crippen molar-refractivity contribution in [3.8, 4) is 0 Å². The van der Waals surface area contributed by atoms with Crippen molar-refractivity contribution in [2.45, 2.75) is 88.8 Å². The summed E-state index contributed by atoms with van der Waals surface area (Å²) in [7, 11) is -3.00. The molecule has 1 fully saturated rings. The lowest BCUT2D eigenvalue weighted by Gasteiger charge is -2.24. The molecule has 0 bridgehead atoms. The summed E-state index contributed by atoms with van der Waals surface area (Å²) in [5, 5.41) is -0.299. The lowest BCUT2D eigenvalue weighted by Crippen LogP contribution is -2.41. The fourth-order valence-electron chi connectivity index (χ4n) is 3.07. The third kappa shape index (κ3) is 6.26. The lowest BCUT2D eigenvalue weighted by atomic mass is 9.98. The predicted octanol–water partition coefficient (Wildman–Crippen LogP) is 3.42. The topological polar surface area (TPSA) is 60.2 Å². The van der Waals surface area contributed by atoms with Crippen LogP contribution >= 0.6 is 0 Å². The van der Waals surface area contributed by atoms with Gasteiger partial charge in [0.15, 0.2) is 9.84 Å². The first-order valence-corrected chi connectivity index (χ1v) is 9.76. The van der Waals surface area contributed by atoms with E-state index in [0.717, 1.165) is 32.1 Å². The van der Waals surface area contributed by atoms with E-state index in [1.165, 1.54) is 32.1 Å². The molecule has 0 spiro atoms. The Morgan fingerprint density at radius 2 is 1.37 bits per heavy atom. The SMILES string of the molecule is CCCS(=O)(=O)C1CCCCCCCCCCC1N. The average molecular weight is 289 g/mol. The normalized spacial score (nSPS) is 28.3. The van der Waals surface area contributed by atoms with Crippen LogP contribution in [0.15, 0.2) is 0 Å². The molecule has 1 rings (SSSR count). The van der Waals surface area contributed by atoms with Crippen molar-refractivity contribution in [1.82, 2.24) is 0 Å². The van der Waals surface area contributed by atoms with Crippen molar-refractivity contribution < 1.29 is 8.42 Å². The smallest absolute Gasteiger partial charge is 0.154 e. The molecule has 19 heavy (non-hydrogen) atoms. The van der Waals surface area contributed by atoms with Gasteiger partial charge in [-0.1, -0.05) is 58.3 Å². The zero-order valence-electron chi connectivity index (χ0n) is 12.4. The van der Waals surface area contributed by atoms with E-state index in [9.17, 15) is 8.42 Å². The van der Waals surface area contributed by atoms with Gasteiger partial charge in [0, 0.05) is 6.04 Å². The number of rotatable bonds is 3. The van der Waals surface area contributed by atoms with Crippen LogP contribution in [-0.2, 0) is 9.84 Å². The molecule has 2 N–H and O–H groups in total. The monoisotopic (exact) mass is 289 g/mol. The fraction of sp³-hybridized carbons (Fsp3) is 1.00. The molecule has 1 saturated carbocycles. The van der Waals surface area contributed by atoms with Gasteiger partial charge >= 0.3 is 0 Å². The van der Waals surface area contributed by atoms with E-state index in [-0.39, 0.29) is 11.3 Å². The van der Waals surface area contributed by atoms with Gasteiger partial charge in [-0.05, 0) is 19.3 Å². The van der Waals surface area contributed by atoms with Crippen molar-refractivity contribution >= 4 is 9.84 Å². The maximum atomic E-state index is 12.3. The summed E-state index contributed by atoms with van der Waals surface area (Å²) in [5.74, 6) is 0.297. The molecule has 0 heterocycles. The molecule has 4 heteroatoms. The van der Waals surface area contributed by atoms with Crippen LogP contribution in [0, 0.1) is 0 Å². The molecular weight excluding hydrogens is 258 g/mol. The molecule has 114 valence electrons. The maximum Gasteiger partial charge on any atom is 0.154 e. The van der Waals surface area contributed by atoms with Gasteiger partial charge in [-0.2, -0.15) is 0 Å². The van der Waals surface area contributed by atoms with Crippen LogP contribution in [0.4, 0.5) is 0 Å². The average Bonchev–Trinajstić information content (AvgIpc) is 2.33. The number of nitrogens with two attached hydrogens (primary N) is 1. The minimum absolute atomic E-state index is 0.157. The van der Waals surface area contributed by atoms with Gasteiger partial charge in [-0.15, -0.1) is 0 Å². The Kier molecular flexibility index (Phi) is 8.00. The quantitative estimate of drug-likeness (QED) is 0.866. The molecule has 1 aliphatic carbocycles. The second-order valence-corrected chi connectivity index (χ2v) is 8.31. The largest absolute Gasteiger partial charge is 0.327 e. The highest BCUT2D eigenvalue weighted by Gasteiger charge is 2.29. The van der Waals surface area contributed by atoms with Gasteiger partial charge in [-0.25, -0.2) is 8.42 Å². The van der Waals surface area contributed by atoms with Gasteiger partial charge in [0.25, 0.3) is 0 Å². The Hall–Kier alpha value is -0.0900. The minimum atomic E-state index is -3.00. The summed E-state index contributed by atoms with van der Waals surface area (Å²) >= 11 is 0. The third-order valence-electron chi connectivity index (χ3n) is 4.20. The molecule has 0 amide bonds. The van der Waals surface area contributed by atoms with Crippen LogP contribution in [0.2, 0.25) is 0 Å². The predicted molar refractivity (Wildman–Crippen MR) is 82.0 cm³/mol. The first-order chi connectivity index (χ1) is 9.08. The first kappa shape index (κ1) is 17.0. The second kappa shape index (κ2) is 8.96. The Bertz CT molecular complexity index is 327. The zero-order valence-corrected chi connectivity index (χ0v) is 13.3. The number of sulfone groups is 1. The van der Waals surface area contributed by atoms with Crippen molar-refractivity contribution in [2.75, 3.05) is 5.75 Å². The molecule has 0 aromatic heterocycles. The summed E-state index contributed by atoms with van der Waals surface area (Å²) in [6.45, 7) is 1.93. The summed E-state index contributed by atoms with van der Waals surface area (Å²) < 4.78 is 24.7. The van der Waals surface area contributed by atoms with E-state index in [0.29, 0.717) is 12.2 Å². The lowest BCUT2D eigenvalue weighted by molar-refractivity contribution is 0.455. The summed E-state index contributed by atoms with van der Waals surface area (Å²) in [4.78, 5) is 0. The van der Waals surface area contributed by atoms with Crippen molar-refractivity contribution in [3.63, 3.8) is 0 Å². The number of hydrogen-bond acceptors (Lipinski definition) is 3. The molecule has 2 atom stereocenters. The summed E-state index contributed by atoms with van der Waals surface area (Å²) in [6.07, 6.45) is 11.9. The van der Waals surface area contributed by atoms with Crippen molar-refractivity contribution in [2.24, 2.45) is 5.73 Å². The first-order valence-electron chi connectivity index (χ1n) is 8.05. The minimum Gasteiger partial charge on any atom is -0.327 e. The second-order valence-electron chi connectivity index (χ2n) is 5.98. The molecule has 0 aliphatic heterocycles. The van der Waals surface area contributed by atoms with E-state index < -0.39 is 9.84 Å². The molecule has 0 saturated heterocycles. The Balaban J connectivity index is 2.65. The molecular formula is C15H31NO2S. The Labute approximate surface area is 119 Å². The van der Waals surface area contributed by atoms with Crippen LogP contribution in [0.25, 0.3) is 0 Å². The van der Waals surface area contributed by atoms with Crippen LogP contribution < -0.4 is 5.73 Å². The van der Waals surface area contributed by atoms with Gasteiger partial charge in [-0.3, -0.25) is 0 Å². The molecule has 3 nitrogen and oxygen atoms in total. The summed E-state index contributed by atoms with van der Waals surface area (Å²) in [6, 6.07) is -0.157. The molecule has 0 aromatic rings. The molecule has 1 aliphatic rings. The molecule has 2 unspecified atom stereocenters. The maximum absolute atomic E-state index is 12.3. The highest BCUT2D eigenvalue weighted by atomic mass is 32.2. The van der Waals surface area contributed by atoms with E-state index in [1.54, 1.807) is 0 Å². The highest BCUT2D eigenvalue weighted by Crippen LogP contribution is 2.21. The molecule has 0 radical (unpaired) electrons. The van der Waals surface area contributed by atoms with Gasteiger partial charge in [0.2, 0.25) is 0 Å². The highest BCUT2D eigenvalue weighted by molar-refractivity contribution is 7.92. The van der Waals surface area contributed by atoms with E-state index in [1.807, 2.05) is 6.92 Å². The zero-order chi connectivity index (χ0) is 14.1. The van der Waals surface area contributed by atoms with Crippen molar-refractivity contribution in [1.29, 1.82) is 0 Å². The Morgan fingerprint density at radius 3 is 1.89 bits per heavy atom. The van der Waals surface area contributed by atoms with Crippen LogP contribution in [-0.4, -0.2) is 25.5 Å². The van der Waals surface area contributed by atoms with E-state index in [2.05, 4.69) is 0 Å². The standard InChI is InChI=1S/C15H31NO2S/c1-2-13-19(17,18)15-12-10-8-6-4-3-5-7-9-11-14(15)16/h14-15H,2-13,16H2,1H3. The molecule has 0 aromatic carbocycles. The van der Waals surface area contributed by atoms with E-state index >= 15 is 0 Å². The van der Waals surface area contributed by atoms with Crippen molar-refractivity contribution in [3.05, 3.63) is 0 Å². The van der Waals surface area contributed by atoms with Crippen LogP contribution in [0.3, 0.4) is 0 Å². The van der Waals surface area contributed by atoms with Gasteiger partial charge in [0.1, 0.15) is 0 Å². The number of hydrogen-bond donors (Lipinski definition) is 1. The third-order valence-corrected chi connectivity index (χ3v) is 6.69. The van der Waals surface area contributed by atoms with E-state index in [4.69, 9.17) is 5.73 Å².